The van der Waals surface area contributed by atoms with E-state index >= 15 is 0 Å². The standard InChI is InChI=1S/C12H21NO6S/c1-11(2,3)9(16)18-6-19-10(17)20-12(4,5)7(13)8(14)15/h7H,6,13H2,1-5H3,(H,14,15). The van der Waals surface area contributed by atoms with Gasteiger partial charge in [0.1, 0.15) is 6.04 Å². The summed E-state index contributed by atoms with van der Waals surface area (Å²) in [5.74, 6) is -1.72. The zero-order valence-corrected chi connectivity index (χ0v) is 13.1. The van der Waals surface area contributed by atoms with E-state index in [1.807, 2.05) is 0 Å². The van der Waals surface area contributed by atoms with Crippen molar-refractivity contribution in [1.29, 1.82) is 0 Å². The number of nitrogens with two attached hydrogens (primary N) is 1. The molecule has 8 heteroatoms. The normalized spacial score (nSPS) is 13.5. The van der Waals surface area contributed by atoms with Gasteiger partial charge in [-0.05, 0) is 46.4 Å². The molecule has 0 radical (unpaired) electrons. The van der Waals surface area contributed by atoms with Crippen LogP contribution in [0.1, 0.15) is 34.6 Å². The highest BCUT2D eigenvalue weighted by atomic mass is 32.2. The molecule has 0 aromatic heterocycles. The third-order valence-corrected chi connectivity index (χ3v) is 3.41. The van der Waals surface area contributed by atoms with Crippen molar-refractivity contribution < 1.29 is 29.0 Å². The number of carbonyl (C=O) groups is 3. The molecule has 1 atom stereocenters. The van der Waals surface area contributed by atoms with Gasteiger partial charge in [-0.3, -0.25) is 9.59 Å². The first kappa shape index (κ1) is 18.7. The quantitative estimate of drug-likeness (QED) is 0.581. The van der Waals surface area contributed by atoms with Crippen molar-refractivity contribution in [3.8, 4) is 0 Å². The lowest BCUT2D eigenvalue weighted by Gasteiger charge is -2.26. The van der Waals surface area contributed by atoms with Crippen LogP contribution in [0.15, 0.2) is 0 Å². The average Bonchev–Trinajstić information content (AvgIpc) is 2.25. The topological polar surface area (TPSA) is 116 Å². The van der Waals surface area contributed by atoms with Crippen molar-refractivity contribution in [2.24, 2.45) is 11.1 Å². The van der Waals surface area contributed by atoms with E-state index in [2.05, 4.69) is 0 Å². The zero-order chi connectivity index (χ0) is 16.1. The number of carboxylic acid groups (broad SMARTS) is 1. The molecule has 0 aliphatic rings. The summed E-state index contributed by atoms with van der Waals surface area (Å²) in [7, 11) is 0. The Labute approximate surface area is 122 Å². The third-order valence-electron chi connectivity index (χ3n) is 2.34. The predicted molar refractivity (Wildman–Crippen MR) is 74.2 cm³/mol. The number of carboxylic acids is 1. The molecule has 0 saturated carbocycles. The Morgan fingerprint density at radius 2 is 1.65 bits per heavy atom. The van der Waals surface area contributed by atoms with Gasteiger partial charge >= 0.3 is 17.2 Å². The van der Waals surface area contributed by atoms with Crippen LogP contribution in [0.3, 0.4) is 0 Å². The lowest BCUT2D eigenvalue weighted by atomic mass is 9.98. The molecule has 0 aromatic rings. The molecule has 3 N–H and O–H groups in total. The summed E-state index contributed by atoms with van der Waals surface area (Å²) in [4.78, 5) is 33.7. The smallest absolute Gasteiger partial charge is 0.370 e. The van der Waals surface area contributed by atoms with Gasteiger partial charge in [0.15, 0.2) is 0 Å². The van der Waals surface area contributed by atoms with Crippen molar-refractivity contribution in [3.05, 3.63) is 0 Å². The zero-order valence-electron chi connectivity index (χ0n) is 12.3. The fourth-order valence-electron chi connectivity index (χ4n) is 0.953. The number of carbonyl (C=O) groups excluding carboxylic acids is 2. The van der Waals surface area contributed by atoms with Gasteiger partial charge in [-0.2, -0.15) is 0 Å². The van der Waals surface area contributed by atoms with Gasteiger partial charge in [0, 0.05) is 4.75 Å². The van der Waals surface area contributed by atoms with Crippen LogP contribution in [0.2, 0.25) is 0 Å². The van der Waals surface area contributed by atoms with Crippen LogP contribution in [0.25, 0.3) is 0 Å². The minimum absolute atomic E-state index is 0.503. The van der Waals surface area contributed by atoms with Gasteiger partial charge < -0.3 is 20.3 Å². The van der Waals surface area contributed by atoms with E-state index in [1.165, 1.54) is 13.8 Å². The Morgan fingerprint density at radius 1 is 1.15 bits per heavy atom. The van der Waals surface area contributed by atoms with Crippen LogP contribution >= 0.6 is 11.8 Å². The molecular formula is C12H21NO6S. The summed E-state index contributed by atoms with van der Waals surface area (Å²) < 4.78 is 8.42. The molecule has 1 unspecified atom stereocenters. The van der Waals surface area contributed by atoms with Gasteiger partial charge in [-0.15, -0.1) is 0 Å². The minimum atomic E-state index is -1.22. The highest BCUT2D eigenvalue weighted by Crippen LogP contribution is 2.29. The first-order valence-electron chi connectivity index (χ1n) is 5.89. The summed E-state index contributed by atoms with van der Waals surface area (Å²) in [6.07, 6.45) is 0. The monoisotopic (exact) mass is 307 g/mol. The first-order valence-corrected chi connectivity index (χ1v) is 6.71. The van der Waals surface area contributed by atoms with E-state index in [9.17, 15) is 14.4 Å². The summed E-state index contributed by atoms with van der Waals surface area (Å²) in [6, 6.07) is -1.22. The second-order valence-corrected chi connectivity index (χ2v) is 7.31. The molecule has 0 aliphatic heterocycles. The van der Waals surface area contributed by atoms with Crippen LogP contribution in [-0.2, 0) is 19.1 Å². The molecule has 20 heavy (non-hydrogen) atoms. The second kappa shape index (κ2) is 6.94. The largest absolute Gasteiger partial charge is 0.480 e. The molecule has 0 saturated heterocycles. The van der Waals surface area contributed by atoms with Gasteiger partial charge in [0.2, 0.25) is 6.79 Å². The fourth-order valence-corrected chi connectivity index (χ4v) is 1.72. The lowest BCUT2D eigenvalue weighted by molar-refractivity contribution is -0.160. The maximum absolute atomic E-state index is 11.5. The van der Waals surface area contributed by atoms with Gasteiger partial charge in [0.05, 0.1) is 5.41 Å². The molecule has 7 nitrogen and oxygen atoms in total. The maximum atomic E-state index is 11.5. The number of thioether (sulfide) groups is 1. The van der Waals surface area contributed by atoms with Gasteiger partial charge in [0.25, 0.3) is 0 Å². The van der Waals surface area contributed by atoms with Crippen LogP contribution in [-0.4, -0.2) is 39.9 Å². The highest BCUT2D eigenvalue weighted by molar-refractivity contribution is 8.14. The van der Waals surface area contributed by atoms with E-state index in [0.29, 0.717) is 11.8 Å². The van der Waals surface area contributed by atoms with Crippen LogP contribution in [0.4, 0.5) is 4.79 Å². The van der Waals surface area contributed by atoms with E-state index in [-0.39, 0.29) is 0 Å². The Bertz CT molecular complexity index is 388. The van der Waals surface area contributed by atoms with Crippen molar-refractivity contribution in [2.45, 2.75) is 45.4 Å². The second-order valence-electron chi connectivity index (χ2n) is 5.72. The van der Waals surface area contributed by atoms with E-state index in [0.717, 1.165) is 0 Å². The van der Waals surface area contributed by atoms with Crippen molar-refractivity contribution in [3.63, 3.8) is 0 Å². The summed E-state index contributed by atoms with van der Waals surface area (Å²) in [5.41, 5.74) is 4.77. The molecule has 0 heterocycles. The van der Waals surface area contributed by atoms with Crippen LogP contribution < -0.4 is 5.73 Å². The molecule has 0 fully saturated rings. The Kier molecular flexibility index (Phi) is 6.49. The Balaban J connectivity index is 4.25. The van der Waals surface area contributed by atoms with E-state index in [1.54, 1.807) is 20.8 Å². The lowest BCUT2D eigenvalue weighted by Crippen LogP contribution is -2.47. The van der Waals surface area contributed by atoms with Crippen molar-refractivity contribution in [1.82, 2.24) is 0 Å². The van der Waals surface area contributed by atoms with E-state index < -0.39 is 40.2 Å². The highest BCUT2D eigenvalue weighted by Gasteiger charge is 2.36. The number of aliphatic carboxylic acids is 1. The van der Waals surface area contributed by atoms with Crippen LogP contribution in [0, 0.1) is 5.41 Å². The molecule has 116 valence electrons. The van der Waals surface area contributed by atoms with Crippen LogP contribution in [0.5, 0.6) is 0 Å². The molecular weight excluding hydrogens is 286 g/mol. The SMILES string of the molecule is CC(C)(C)C(=O)OCOC(=O)SC(C)(C)C(N)C(=O)O. The number of rotatable bonds is 5. The number of hydrogen-bond acceptors (Lipinski definition) is 7. The minimum Gasteiger partial charge on any atom is -0.480 e. The van der Waals surface area contributed by atoms with E-state index in [4.69, 9.17) is 20.3 Å². The number of esters is 1. The van der Waals surface area contributed by atoms with Gasteiger partial charge in [-0.25, -0.2) is 4.79 Å². The molecule has 0 aromatic carbocycles. The Hall–Kier alpha value is -1.28. The van der Waals surface area contributed by atoms with Crippen molar-refractivity contribution in [2.75, 3.05) is 6.79 Å². The summed E-state index contributed by atoms with van der Waals surface area (Å²) >= 11 is 0.639. The molecule has 0 aliphatic carbocycles. The number of ether oxygens (including phenoxy) is 2. The number of hydrogen-bond donors (Lipinski definition) is 2. The average molecular weight is 307 g/mol. The molecule has 0 rings (SSSR count). The summed E-state index contributed by atoms with van der Waals surface area (Å²) in [5, 5.41) is 8.05. The third kappa shape index (κ3) is 6.25. The molecule has 0 spiro atoms. The fraction of sp³-hybridized carbons (Fsp3) is 0.750. The first-order chi connectivity index (χ1) is 8.88. The maximum Gasteiger partial charge on any atom is 0.370 e. The summed E-state index contributed by atoms with van der Waals surface area (Å²) in [6.45, 7) is 7.51. The molecule has 0 bridgehead atoms. The molecule has 0 amide bonds. The predicted octanol–water partition coefficient (Wildman–Crippen LogP) is 1.59. The van der Waals surface area contributed by atoms with Crippen molar-refractivity contribution >= 4 is 29.0 Å². The Morgan fingerprint density at radius 3 is 2.05 bits per heavy atom. The van der Waals surface area contributed by atoms with Gasteiger partial charge in [-0.1, -0.05) is 0 Å².